The molecule has 0 spiro atoms. The smallest absolute Gasteiger partial charge is 0.309 e. The van der Waals surface area contributed by atoms with Crippen LogP contribution in [0.1, 0.15) is 40.0 Å². The average Bonchev–Trinajstić information content (AvgIpc) is 2.90. The van der Waals surface area contributed by atoms with Crippen LogP contribution in [0.3, 0.4) is 0 Å². The number of carbonyl (C=O) groups is 3. The number of Topliss-reactive ketones (excluding diaryl/α,β-unsaturated/α-hetero) is 1. The third kappa shape index (κ3) is 1.95. The van der Waals surface area contributed by atoms with Crippen LogP contribution in [0, 0.1) is 35.0 Å². The summed E-state index contributed by atoms with van der Waals surface area (Å²) in [5.74, 6) is -0.248. The van der Waals surface area contributed by atoms with E-state index in [1.54, 1.807) is 6.08 Å². The molecule has 0 aromatic heterocycles. The van der Waals surface area contributed by atoms with Crippen molar-refractivity contribution in [2.75, 3.05) is 6.61 Å². The van der Waals surface area contributed by atoms with Crippen molar-refractivity contribution in [2.45, 2.75) is 40.0 Å². The molecule has 4 aliphatic rings. The van der Waals surface area contributed by atoms with E-state index in [9.17, 15) is 14.4 Å². The largest absolute Gasteiger partial charge is 0.465 e. The molecule has 128 valence electrons. The molecule has 5 atom stereocenters. The molecule has 0 aromatic carbocycles. The minimum absolute atomic E-state index is 0.0583. The maximum Gasteiger partial charge on any atom is 0.309 e. The van der Waals surface area contributed by atoms with Crippen LogP contribution in [0.4, 0.5) is 0 Å². The van der Waals surface area contributed by atoms with E-state index in [0.29, 0.717) is 18.6 Å². The van der Waals surface area contributed by atoms with Crippen LogP contribution >= 0.6 is 0 Å². The van der Waals surface area contributed by atoms with E-state index in [0.717, 1.165) is 12.8 Å². The van der Waals surface area contributed by atoms with Gasteiger partial charge in [-0.05, 0) is 36.7 Å². The van der Waals surface area contributed by atoms with Gasteiger partial charge in [0.15, 0.2) is 11.6 Å². The number of hydrogen-bond acceptors (Lipinski definition) is 4. The zero-order chi connectivity index (χ0) is 17.2. The first-order chi connectivity index (χ1) is 11.3. The Labute approximate surface area is 142 Å². The Morgan fingerprint density at radius 3 is 2.62 bits per heavy atom. The van der Waals surface area contributed by atoms with E-state index >= 15 is 0 Å². The molecule has 4 rings (SSSR count). The minimum Gasteiger partial charge on any atom is -0.465 e. The first-order valence-corrected chi connectivity index (χ1v) is 9.01. The van der Waals surface area contributed by atoms with E-state index < -0.39 is 0 Å². The molecule has 2 fully saturated rings. The van der Waals surface area contributed by atoms with Crippen molar-refractivity contribution in [3.05, 3.63) is 23.3 Å². The molecule has 1 aliphatic heterocycles. The number of carbonyl (C=O) groups excluding carboxylic acids is 3. The number of cyclic esters (lactones) is 1. The number of hydrogen-bond donors (Lipinski definition) is 0. The first kappa shape index (κ1) is 15.8. The highest BCUT2D eigenvalue weighted by Crippen LogP contribution is 2.58. The van der Waals surface area contributed by atoms with Crippen molar-refractivity contribution in [3.8, 4) is 0 Å². The fraction of sp³-hybridized carbons (Fsp3) is 0.650. The van der Waals surface area contributed by atoms with Gasteiger partial charge >= 0.3 is 5.97 Å². The van der Waals surface area contributed by atoms with Crippen molar-refractivity contribution in [1.82, 2.24) is 0 Å². The van der Waals surface area contributed by atoms with Crippen LogP contribution in [-0.2, 0) is 19.1 Å². The summed E-state index contributed by atoms with van der Waals surface area (Å²) in [6.07, 6.45) is 5.89. The standard InChI is InChI=1S/C20H24O4/c1-10(2)13-8-16(21)17-12(18(13)22)4-5-15-14-9-24-19(23)11(14)6-7-20(15,17)3/h5,8,10-12,14,17H,4,6-7,9H2,1-3H3/t11-,12+,14-,17-,20-/m1/s1. The highest BCUT2D eigenvalue weighted by Gasteiger charge is 2.58. The van der Waals surface area contributed by atoms with Crippen LogP contribution in [0.25, 0.3) is 0 Å². The Kier molecular flexibility index (Phi) is 3.38. The molecule has 3 aliphatic carbocycles. The van der Waals surface area contributed by atoms with Crippen LogP contribution in [-0.4, -0.2) is 24.1 Å². The van der Waals surface area contributed by atoms with Gasteiger partial charge in [-0.1, -0.05) is 32.4 Å². The fourth-order valence-electron chi connectivity index (χ4n) is 5.51. The van der Waals surface area contributed by atoms with Gasteiger partial charge in [-0.25, -0.2) is 0 Å². The van der Waals surface area contributed by atoms with Gasteiger partial charge in [-0.15, -0.1) is 0 Å². The first-order valence-electron chi connectivity index (χ1n) is 9.01. The minimum atomic E-state index is -0.316. The predicted octanol–water partition coefficient (Wildman–Crippen LogP) is 2.87. The molecule has 4 nitrogen and oxygen atoms in total. The molecule has 0 bridgehead atoms. The predicted molar refractivity (Wildman–Crippen MR) is 87.9 cm³/mol. The fourth-order valence-corrected chi connectivity index (χ4v) is 5.51. The Hall–Kier alpha value is -1.71. The third-order valence-corrected chi connectivity index (χ3v) is 6.76. The highest BCUT2D eigenvalue weighted by atomic mass is 16.5. The lowest BCUT2D eigenvalue weighted by atomic mass is 9.50. The van der Waals surface area contributed by atoms with Gasteiger partial charge in [0.1, 0.15) is 0 Å². The topological polar surface area (TPSA) is 60.4 Å². The summed E-state index contributed by atoms with van der Waals surface area (Å²) in [6.45, 7) is 6.48. The Morgan fingerprint density at radius 1 is 1.17 bits per heavy atom. The van der Waals surface area contributed by atoms with Crippen LogP contribution in [0.5, 0.6) is 0 Å². The normalized spacial score (nSPS) is 41.2. The van der Waals surface area contributed by atoms with E-state index in [1.807, 2.05) is 13.8 Å². The molecule has 1 heterocycles. The molecular weight excluding hydrogens is 304 g/mol. The molecule has 24 heavy (non-hydrogen) atoms. The highest BCUT2D eigenvalue weighted by molar-refractivity contribution is 6.11. The van der Waals surface area contributed by atoms with Crippen molar-refractivity contribution in [1.29, 1.82) is 0 Å². The van der Waals surface area contributed by atoms with Crippen molar-refractivity contribution >= 4 is 17.5 Å². The maximum atomic E-state index is 13.0. The Bertz CT molecular complexity index is 698. The third-order valence-electron chi connectivity index (χ3n) is 6.76. The molecule has 1 saturated carbocycles. The van der Waals surface area contributed by atoms with Crippen LogP contribution < -0.4 is 0 Å². The van der Waals surface area contributed by atoms with Crippen LogP contribution in [0.15, 0.2) is 23.3 Å². The lowest BCUT2D eigenvalue weighted by Gasteiger charge is -2.51. The number of ether oxygens (including phenoxy) is 1. The Morgan fingerprint density at radius 2 is 1.92 bits per heavy atom. The summed E-state index contributed by atoms with van der Waals surface area (Å²) in [5.41, 5.74) is 1.55. The molecule has 0 unspecified atom stereocenters. The number of allylic oxidation sites excluding steroid dienone is 3. The van der Waals surface area contributed by atoms with Crippen LogP contribution in [0.2, 0.25) is 0 Å². The summed E-state index contributed by atoms with van der Waals surface area (Å²) in [5, 5.41) is 0. The maximum absolute atomic E-state index is 13.0. The molecule has 0 amide bonds. The molecule has 0 aromatic rings. The average molecular weight is 328 g/mol. The number of fused-ring (bicyclic) bond motifs is 5. The molecule has 0 radical (unpaired) electrons. The quantitative estimate of drug-likeness (QED) is 0.548. The van der Waals surface area contributed by atoms with Gasteiger partial charge in [0.25, 0.3) is 0 Å². The lowest BCUT2D eigenvalue weighted by Crippen LogP contribution is -2.51. The summed E-state index contributed by atoms with van der Waals surface area (Å²) in [4.78, 5) is 37.8. The van der Waals surface area contributed by atoms with E-state index in [1.165, 1.54) is 5.57 Å². The summed E-state index contributed by atoms with van der Waals surface area (Å²) >= 11 is 0. The van der Waals surface area contributed by atoms with Crippen molar-refractivity contribution in [3.63, 3.8) is 0 Å². The van der Waals surface area contributed by atoms with Gasteiger partial charge in [0, 0.05) is 23.3 Å². The van der Waals surface area contributed by atoms with Gasteiger partial charge < -0.3 is 4.74 Å². The van der Waals surface area contributed by atoms with E-state index in [-0.39, 0.29) is 52.5 Å². The van der Waals surface area contributed by atoms with Gasteiger partial charge in [0.05, 0.1) is 12.5 Å². The monoisotopic (exact) mass is 328 g/mol. The second-order valence-corrected chi connectivity index (χ2v) is 8.30. The SMILES string of the molecule is CC(C)C1=CC(=O)[C@H]2[C@H](CC=C3[C@@H]4COC(=O)[C@@H]4CC[C@]32C)C1=O. The molecule has 0 N–H and O–H groups in total. The molecule has 4 heteroatoms. The molecule has 1 saturated heterocycles. The summed E-state index contributed by atoms with van der Waals surface area (Å²) < 4.78 is 5.28. The number of ketones is 2. The van der Waals surface area contributed by atoms with E-state index in [2.05, 4.69) is 13.0 Å². The summed E-state index contributed by atoms with van der Waals surface area (Å²) in [6, 6.07) is 0. The van der Waals surface area contributed by atoms with Gasteiger partial charge in [0.2, 0.25) is 0 Å². The zero-order valence-corrected chi connectivity index (χ0v) is 14.5. The second kappa shape index (κ2) is 5.14. The summed E-state index contributed by atoms with van der Waals surface area (Å²) in [7, 11) is 0. The second-order valence-electron chi connectivity index (χ2n) is 8.30. The molecular formula is C20H24O4. The lowest BCUT2D eigenvalue weighted by molar-refractivity contribution is -0.142. The zero-order valence-electron chi connectivity index (χ0n) is 14.5. The van der Waals surface area contributed by atoms with Crippen molar-refractivity contribution in [2.24, 2.45) is 35.0 Å². The Balaban J connectivity index is 1.76. The van der Waals surface area contributed by atoms with E-state index in [4.69, 9.17) is 4.74 Å². The van der Waals surface area contributed by atoms with Crippen molar-refractivity contribution < 1.29 is 19.1 Å². The van der Waals surface area contributed by atoms with Gasteiger partial charge in [-0.3, -0.25) is 14.4 Å². The van der Waals surface area contributed by atoms with Gasteiger partial charge in [-0.2, -0.15) is 0 Å². The number of esters is 1. The number of rotatable bonds is 1.